The van der Waals surface area contributed by atoms with Gasteiger partial charge < -0.3 is 5.32 Å². The first-order chi connectivity index (χ1) is 9.52. The van der Waals surface area contributed by atoms with Gasteiger partial charge in [-0.2, -0.15) is 10.2 Å². The van der Waals surface area contributed by atoms with Crippen LogP contribution in [0.3, 0.4) is 0 Å². The third kappa shape index (κ3) is 2.79. The van der Waals surface area contributed by atoms with Crippen molar-refractivity contribution in [2.45, 2.75) is 19.8 Å². The van der Waals surface area contributed by atoms with E-state index in [1.165, 1.54) is 4.68 Å². The maximum atomic E-state index is 11.2. The molecular weight excluding hydrogens is 260 g/mol. The molecule has 20 heavy (non-hydrogen) atoms. The molecule has 2 aromatic rings. The second kappa shape index (κ2) is 5.72. The quantitative estimate of drug-likeness (QED) is 0.635. The Morgan fingerprint density at radius 3 is 2.75 bits per heavy atom. The predicted octanol–water partition coefficient (Wildman–Crippen LogP) is 1.28. The van der Waals surface area contributed by atoms with Gasteiger partial charge in [-0.05, 0) is 18.4 Å². The van der Waals surface area contributed by atoms with Crippen LogP contribution in [0.5, 0.6) is 0 Å². The molecule has 8 nitrogen and oxygen atoms in total. The van der Waals surface area contributed by atoms with Gasteiger partial charge in [0.15, 0.2) is 0 Å². The SMILES string of the molecule is CCc1nn(C)c(NCCc2cnn(C)c2)c1[N+](=O)[O-]. The first-order valence-corrected chi connectivity index (χ1v) is 6.44. The maximum Gasteiger partial charge on any atom is 0.333 e. The molecule has 0 saturated heterocycles. The highest BCUT2D eigenvalue weighted by Crippen LogP contribution is 2.28. The standard InChI is InChI=1S/C12H18N6O2/c1-4-10-11(18(19)20)12(17(3)15-10)13-6-5-9-7-14-16(2)8-9/h7-8,13H,4-6H2,1-3H3. The van der Waals surface area contributed by atoms with E-state index in [-0.39, 0.29) is 10.6 Å². The predicted molar refractivity (Wildman–Crippen MR) is 74.6 cm³/mol. The summed E-state index contributed by atoms with van der Waals surface area (Å²) >= 11 is 0. The van der Waals surface area contributed by atoms with E-state index >= 15 is 0 Å². The van der Waals surface area contributed by atoms with E-state index in [0.717, 1.165) is 12.0 Å². The average molecular weight is 278 g/mol. The Morgan fingerprint density at radius 2 is 2.20 bits per heavy atom. The molecule has 1 N–H and O–H groups in total. The summed E-state index contributed by atoms with van der Waals surface area (Å²) in [5.41, 5.74) is 1.66. The maximum absolute atomic E-state index is 11.2. The summed E-state index contributed by atoms with van der Waals surface area (Å²) in [5, 5.41) is 22.5. The number of rotatable bonds is 6. The van der Waals surface area contributed by atoms with E-state index in [1.54, 1.807) is 17.9 Å². The van der Waals surface area contributed by atoms with Gasteiger partial charge in [-0.3, -0.25) is 14.8 Å². The third-order valence-corrected chi connectivity index (χ3v) is 3.07. The zero-order valence-corrected chi connectivity index (χ0v) is 11.8. The van der Waals surface area contributed by atoms with Crippen LogP contribution in [-0.4, -0.2) is 31.0 Å². The fourth-order valence-electron chi connectivity index (χ4n) is 2.12. The first-order valence-electron chi connectivity index (χ1n) is 6.44. The molecule has 0 unspecified atom stereocenters. The van der Waals surface area contributed by atoms with Gasteiger partial charge >= 0.3 is 5.69 Å². The van der Waals surface area contributed by atoms with Crippen LogP contribution in [-0.2, 0) is 26.9 Å². The minimum atomic E-state index is -0.377. The molecule has 0 fully saturated rings. The van der Waals surface area contributed by atoms with Gasteiger partial charge in [-0.15, -0.1) is 0 Å². The lowest BCUT2D eigenvalue weighted by molar-refractivity contribution is -0.384. The van der Waals surface area contributed by atoms with Crippen molar-refractivity contribution in [1.29, 1.82) is 0 Å². The highest BCUT2D eigenvalue weighted by molar-refractivity contribution is 5.59. The highest BCUT2D eigenvalue weighted by atomic mass is 16.6. The molecule has 0 bridgehead atoms. The fourth-order valence-corrected chi connectivity index (χ4v) is 2.12. The number of anilines is 1. The van der Waals surface area contributed by atoms with Crippen LogP contribution in [0.25, 0.3) is 0 Å². The smallest absolute Gasteiger partial charge is 0.333 e. The van der Waals surface area contributed by atoms with Gasteiger partial charge in [0.1, 0.15) is 5.69 Å². The number of hydrogen-bond donors (Lipinski definition) is 1. The Labute approximate surface area is 116 Å². The van der Waals surface area contributed by atoms with Crippen LogP contribution in [0.1, 0.15) is 18.2 Å². The van der Waals surface area contributed by atoms with Crippen molar-refractivity contribution in [3.63, 3.8) is 0 Å². The summed E-state index contributed by atoms with van der Waals surface area (Å²) in [5.74, 6) is 0.454. The van der Waals surface area contributed by atoms with E-state index in [9.17, 15) is 10.1 Å². The van der Waals surface area contributed by atoms with Gasteiger partial charge in [-0.1, -0.05) is 6.92 Å². The summed E-state index contributed by atoms with van der Waals surface area (Å²) in [6, 6.07) is 0. The lowest BCUT2D eigenvalue weighted by Crippen LogP contribution is -2.09. The van der Waals surface area contributed by atoms with Crippen LogP contribution in [0.4, 0.5) is 11.5 Å². The Bertz CT molecular complexity index is 615. The molecule has 2 aromatic heterocycles. The van der Waals surface area contributed by atoms with E-state index in [2.05, 4.69) is 15.5 Å². The van der Waals surface area contributed by atoms with Crippen molar-refractivity contribution in [3.05, 3.63) is 33.8 Å². The molecule has 0 atom stereocenters. The summed E-state index contributed by atoms with van der Waals surface area (Å²) in [7, 11) is 3.56. The second-order valence-electron chi connectivity index (χ2n) is 4.58. The van der Waals surface area contributed by atoms with Crippen LogP contribution in [0, 0.1) is 10.1 Å². The third-order valence-electron chi connectivity index (χ3n) is 3.07. The molecule has 0 aliphatic carbocycles. The zero-order chi connectivity index (χ0) is 14.7. The largest absolute Gasteiger partial charge is 0.364 e. The van der Waals surface area contributed by atoms with Crippen molar-refractivity contribution < 1.29 is 4.92 Å². The van der Waals surface area contributed by atoms with Gasteiger partial charge in [0.25, 0.3) is 0 Å². The average Bonchev–Trinajstić information content (AvgIpc) is 2.94. The van der Waals surface area contributed by atoms with Gasteiger partial charge in [0.05, 0.1) is 11.1 Å². The molecular formula is C12H18N6O2. The van der Waals surface area contributed by atoms with Crippen LogP contribution in [0.2, 0.25) is 0 Å². The number of nitrogens with zero attached hydrogens (tertiary/aromatic N) is 5. The minimum absolute atomic E-state index is 0.0705. The van der Waals surface area contributed by atoms with Crippen molar-refractivity contribution in [2.24, 2.45) is 14.1 Å². The molecule has 0 radical (unpaired) electrons. The van der Waals surface area contributed by atoms with E-state index in [0.29, 0.717) is 24.5 Å². The summed E-state index contributed by atoms with van der Waals surface area (Å²) in [4.78, 5) is 10.8. The Hall–Kier alpha value is -2.38. The molecule has 2 rings (SSSR count). The van der Waals surface area contributed by atoms with E-state index in [1.807, 2.05) is 20.2 Å². The number of hydrogen-bond acceptors (Lipinski definition) is 5. The van der Waals surface area contributed by atoms with Gasteiger partial charge in [0.2, 0.25) is 5.82 Å². The van der Waals surface area contributed by atoms with Crippen molar-refractivity contribution in [1.82, 2.24) is 19.6 Å². The van der Waals surface area contributed by atoms with Gasteiger partial charge in [-0.25, -0.2) is 4.68 Å². The zero-order valence-electron chi connectivity index (χ0n) is 11.8. The normalized spacial score (nSPS) is 10.8. The van der Waals surface area contributed by atoms with Crippen molar-refractivity contribution in [2.75, 3.05) is 11.9 Å². The molecule has 0 saturated carbocycles. The summed E-state index contributed by atoms with van der Waals surface area (Å²) in [6.07, 6.45) is 5.00. The number of aromatic nitrogens is 4. The molecule has 0 amide bonds. The summed E-state index contributed by atoms with van der Waals surface area (Å²) < 4.78 is 3.26. The van der Waals surface area contributed by atoms with Gasteiger partial charge in [0, 0.05) is 26.8 Å². The van der Waals surface area contributed by atoms with E-state index in [4.69, 9.17) is 0 Å². The Morgan fingerprint density at radius 1 is 1.45 bits per heavy atom. The van der Waals surface area contributed by atoms with Crippen LogP contribution >= 0.6 is 0 Å². The lowest BCUT2D eigenvalue weighted by Gasteiger charge is -2.04. The molecule has 0 spiro atoms. The van der Waals surface area contributed by atoms with Crippen molar-refractivity contribution >= 4 is 11.5 Å². The van der Waals surface area contributed by atoms with Crippen LogP contribution < -0.4 is 5.32 Å². The number of aryl methyl sites for hydroxylation is 3. The summed E-state index contributed by atoms with van der Waals surface area (Å²) in [6.45, 7) is 2.45. The number of nitrogens with one attached hydrogen (secondary N) is 1. The molecule has 2 heterocycles. The molecule has 0 aromatic carbocycles. The highest BCUT2D eigenvalue weighted by Gasteiger charge is 2.25. The minimum Gasteiger partial charge on any atom is -0.364 e. The van der Waals surface area contributed by atoms with Crippen molar-refractivity contribution in [3.8, 4) is 0 Å². The topological polar surface area (TPSA) is 90.8 Å². The van der Waals surface area contributed by atoms with Crippen LogP contribution in [0.15, 0.2) is 12.4 Å². The fraction of sp³-hybridized carbons (Fsp3) is 0.500. The Kier molecular flexibility index (Phi) is 4.02. The first kappa shape index (κ1) is 14.0. The Balaban J connectivity index is 2.09. The molecule has 0 aliphatic heterocycles. The molecule has 108 valence electrons. The molecule has 8 heteroatoms. The molecule has 0 aliphatic rings. The van der Waals surface area contributed by atoms with E-state index < -0.39 is 0 Å². The number of nitro groups is 1. The second-order valence-corrected chi connectivity index (χ2v) is 4.58. The lowest BCUT2D eigenvalue weighted by atomic mass is 10.2. The monoisotopic (exact) mass is 278 g/mol.